The minimum Gasteiger partial charge on any atom is -0.469 e. The van der Waals surface area contributed by atoms with Gasteiger partial charge in [-0.1, -0.05) is 47.1 Å². The average Bonchev–Trinajstić information content (AvgIpc) is 2.90. The van der Waals surface area contributed by atoms with Gasteiger partial charge in [-0.05, 0) is 91.4 Å². The van der Waals surface area contributed by atoms with Gasteiger partial charge in [0.2, 0.25) is 11.8 Å². The fraction of sp³-hybridized carbons (Fsp3) is 0.771. The summed E-state index contributed by atoms with van der Waals surface area (Å²) < 4.78 is 5.24. The Hall–Kier alpha value is -2.82. The first-order chi connectivity index (χ1) is 19.8. The van der Waals surface area contributed by atoms with Crippen molar-refractivity contribution in [2.45, 2.75) is 114 Å². The van der Waals surface area contributed by atoms with Gasteiger partial charge in [-0.15, -0.1) is 0 Å². The van der Waals surface area contributed by atoms with Crippen LogP contribution in [0.5, 0.6) is 0 Å². The second-order valence-electron chi connectivity index (χ2n) is 16.0. The van der Waals surface area contributed by atoms with E-state index in [2.05, 4.69) is 38.9 Å². The molecule has 8 atom stereocenters. The molecule has 0 saturated heterocycles. The largest absolute Gasteiger partial charge is 0.469 e. The number of rotatable bonds is 5. The number of carbonyl (C=O) groups is 4. The third kappa shape index (κ3) is 4.90. The number of hydrogen-bond acceptors (Lipinski definition) is 7. The van der Waals surface area contributed by atoms with Crippen LogP contribution in [-0.4, -0.2) is 41.9 Å². The number of hydrazone groups is 1. The summed E-state index contributed by atoms with van der Waals surface area (Å²) in [6.45, 7) is 17.7. The van der Waals surface area contributed by atoms with Gasteiger partial charge in [0.15, 0.2) is 5.78 Å². The van der Waals surface area contributed by atoms with Crippen molar-refractivity contribution in [3.8, 4) is 6.07 Å². The van der Waals surface area contributed by atoms with E-state index in [9.17, 15) is 24.4 Å². The molecular formula is C35H51N3O5. The molecule has 2 amide bonds. The van der Waals surface area contributed by atoms with Crippen LogP contribution in [0.3, 0.4) is 0 Å². The number of ether oxygens (including phenoxy) is 1. The highest BCUT2D eigenvalue weighted by atomic mass is 16.5. The zero-order valence-corrected chi connectivity index (χ0v) is 27.9. The molecule has 3 fully saturated rings. The molecule has 4 rings (SSSR count). The molecule has 0 N–H and O–H groups in total. The Kier molecular flexibility index (Phi) is 8.20. The Bertz CT molecular complexity index is 1310. The molecule has 3 saturated carbocycles. The second kappa shape index (κ2) is 10.7. The number of nitriles is 1. The molecule has 43 heavy (non-hydrogen) atoms. The van der Waals surface area contributed by atoms with Gasteiger partial charge in [0, 0.05) is 37.8 Å². The van der Waals surface area contributed by atoms with Gasteiger partial charge >= 0.3 is 5.97 Å². The van der Waals surface area contributed by atoms with Gasteiger partial charge in [-0.3, -0.25) is 19.2 Å². The molecule has 0 aromatic rings. The molecule has 8 heteroatoms. The summed E-state index contributed by atoms with van der Waals surface area (Å²) in [5.74, 6) is -1.37. The lowest BCUT2D eigenvalue weighted by Crippen LogP contribution is -2.64. The third-order valence-electron chi connectivity index (χ3n) is 13.0. The van der Waals surface area contributed by atoms with Gasteiger partial charge in [0.05, 0.1) is 18.6 Å². The molecule has 4 aliphatic rings. The smallest absolute Gasteiger partial charge is 0.311 e. The number of fused-ring (bicyclic) bond motifs is 5. The molecule has 0 aromatic carbocycles. The molecule has 0 aromatic heterocycles. The number of methoxy groups -OCH3 is 1. The van der Waals surface area contributed by atoms with Crippen molar-refractivity contribution >= 4 is 29.8 Å². The highest BCUT2D eigenvalue weighted by molar-refractivity contribution is 5.96. The Morgan fingerprint density at radius 2 is 1.67 bits per heavy atom. The van der Waals surface area contributed by atoms with Gasteiger partial charge in [-0.25, -0.2) is 0 Å². The predicted molar refractivity (Wildman–Crippen MR) is 164 cm³/mol. The average molecular weight is 594 g/mol. The first-order valence-electron chi connectivity index (χ1n) is 15.8. The zero-order valence-electron chi connectivity index (χ0n) is 27.9. The van der Waals surface area contributed by atoms with Crippen molar-refractivity contribution in [3.05, 3.63) is 11.6 Å². The van der Waals surface area contributed by atoms with E-state index in [0.717, 1.165) is 43.5 Å². The van der Waals surface area contributed by atoms with E-state index in [0.29, 0.717) is 6.42 Å². The van der Waals surface area contributed by atoms with Crippen LogP contribution >= 0.6 is 0 Å². The molecular weight excluding hydrogens is 542 g/mol. The van der Waals surface area contributed by atoms with E-state index in [1.54, 1.807) is 6.21 Å². The van der Waals surface area contributed by atoms with Crippen LogP contribution in [0.4, 0.5) is 0 Å². The van der Waals surface area contributed by atoms with Gasteiger partial charge in [-0.2, -0.15) is 15.4 Å². The molecule has 0 radical (unpaired) electrons. The quantitative estimate of drug-likeness (QED) is 0.200. The van der Waals surface area contributed by atoms with Crippen LogP contribution in [0, 0.1) is 61.6 Å². The molecule has 0 bridgehead atoms. The fourth-order valence-corrected chi connectivity index (χ4v) is 10.3. The second-order valence-corrected chi connectivity index (χ2v) is 16.0. The van der Waals surface area contributed by atoms with Gasteiger partial charge in [0.1, 0.15) is 0 Å². The number of imide groups is 1. The summed E-state index contributed by atoms with van der Waals surface area (Å²) in [5.41, 5.74) is -1.27. The van der Waals surface area contributed by atoms with Crippen molar-refractivity contribution in [1.82, 2.24) is 5.01 Å². The SMILES string of the molecule is COC(=O)[C@@]1(C)CC[C@]2(C)CC[C@]3(C)C(=CC(=O)[C@@H]4[C@@](C)(CC#N)[C@H](C(C)(C)/C=N/N(C(C)=O)C(C)=O)CC[C@]43C)[C@@H]2C1. The molecule has 0 aliphatic heterocycles. The monoisotopic (exact) mass is 593 g/mol. The first-order valence-corrected chi connectivity index (χ1v) is 15.8. The number of nitrogens with zero attached hydrogens (tertiary/aromatic N) is 3. The minimum absolute atomic E-state index is 0.0211. The van der Waals surface area contributed by atoms with E-state index >= 15 is 0 Å². The van der Waals surface area contributed by atoms with Crippen molar-refractivity contribution in [2.24, 2.45) is 55.3 Å². The van der Waals surface area contributed by atoms with Crippen molar-refractivity contribution in [3.63, 3.8) is 0 Å². The molecule has 0 heterocycles. The van der Waals surface area contributed by atoms with Crippen LogP contribution in [0.2, 0.25) is 0 Å². The summed E-state index contributed by atoms with van der Waals surface area (Å²) >= 11 is 0. The number of hydrogen-bond donors (Lipinski definition) is 0. The minimum atomic E-state index is -0.662. The fourth-order valence-electron chi connectivity index (χ4n) is 10.3. The van der Waals surface area contributed by atoms with Crippen LogP contribution in [-0.2, 0) is 23.9 Å². The first kappa shape index (κ1) is 33.1. The van der Waals surface area contributed by atoms with Crippen molar-refractivity contribution in [1.29, 1.82) is 5.26 Å². The van der Waals surface area contributed by atoms with E-state index in [1.165, 1.54) is 26.5 Å². The van der Waals surface area contributed by atoms with Gasteiger partial charge < -0.3 is 4.74 Å². The number of amides is 2. The lowest BCUT2D eigenvalue weighted by molar-refractivity contribution is -0.172. The molecule has 0 spiro atoms. The topological polar surface area (TPSA) is 117 Å². The Morgan fingerprint density at radius 1 is 1.07 bits per heavy atom. The zero-order chi connectivity index (χ0) is 32.4. The highest BCUT2D eigenvalue weighted by Crippen LogP contribution is 2.74. The summed E-state index contributed by atoms with van der Waals surface area (Å²) in [4.78, 5) is 51.6. The number of ketones is 1. The standard InChI is InChI=1S/C35H51N3O5/c1-22(39)38(23(2)40)37-21-30(3,4)27-11-12-35(9)28(33(27,7)17-18-36)26(41)19-24-25-20-32(6,29(42)43-10)14-13-31(25,5)15-16-34(24,35)8/h19,21,25,27-28H,11-17,20H2,1-10H3/b37-21+/t25-,27-,28+,31+,32-,33-,34+,35+/m0/s1. The van der Waals surface area contributed by atoms with E-state index in [4.69, 9.17) is 4.74 Å². The number of allylic oxidation sites excluding steroid dienone is 2. The molecule has 0 unspecified atom stereocenters. The normalized spacial score (nSPS) is 40.8. The summed E-state index contributed by atoms with van der Waals surface area (Å²) in [7, 11) is 1.46. The van der Waals surface area contributed by atoms with Crippen LogP contribution < -0.4 is 0 Å². The molecule has 236 valence electrons. The van der Waals surface area contributed by atoms with Crippen LogP contribution in [0.25, 0.3) is 0 Å². The highest BCUT2D eigenvalue weighted by Gasteiger charge is 2.69. The Balaban J connectivity index is 1.81. The van der Waals surface area contributed by atoms with Crippen molar-refractivity contribution in [2.75, 3.05) is 7.11 Å². The lowest BCUT2D eigenvalue weighted by Gasteiger charge is -2.68. The number of carbonyl (C=O) groups excluding carboxylic acids is 4. The summed E-state index contributed by atoms with van der Waals surface area (Å²) in [6.07, 6.45) is 9.76. The Labute approximate surface area is 257 Å². The summed E-state index contributed by atoms with van der Waals surface area (Å²) in [5, 5.41) is 15.3. The summed E-state index contributed by atoms with van der Waals surface area (Å²) in [6, 6.07) is 2.43. The third-order valence-corrected chi connectivity index (χ3v) is 13.0. The lowest BCUT2D eigenvalue weighted by atomic mass is 9.34. The van der Waals surface area contributed by atoms with E-state index in [1.807, 2.05) is 26.8 Å². The molecule has 4 aliphatic carbocycles. The van der Waals surface area contributed by atoms with E-state index < -0.39 is 28.1 Å². The predicted octanol–water partition coefficient (Wildman–Crippen LogP) is 6.64. The maximum Gasteiger partial charge on any atom is 0.311 e. The Morgan fingerprint density at radius 3 is 2.23 bits per heavy atom. The maximum absolute atomic E-state index is 14.6. The van der Waals surface area contributed by atoms with Crippen LogP contribution in [0.1, 0.15) is 114 Å². The van der Waals surface area contributed by atoms with E-state index in [-0.39, 0.29) is 52.2 Å². The van der Waals surface area contributed by atoms with Gasteiger partial charge in [0.25, 0.3) is 0 Å². The van der Waals surface area contributed by atoms with Crippen molar-refractivity contribution < 1.29 is 23.9 Å². The van der Waals surface area contributed by atoms with Crippen LogP contribution in [0.15, 0.2) is 16.8 Å². The maximum atomic E-state index is 14.6. The molecule has 8 nitrogen and oxygen atoms in total. The number of esters is 1.